The molecule has 4 nitrogen and oxygen atoms in total. The summed E-state index contributed by atoms with van der Waals surface area (Å²) in [6.07, 6.45) is 3.32. The molecule has 0 unspecified atom stereocenters. The van der Waals surface area contributed by atoms with Gasteiger partial charge in [0, 0.05) is 30.5 Å². The number of rotatable bonds is 4. The van der Waals surface area contributed by atoms with Gasteiger partial charge >= 0.3 is 0 Å². The zero-order valence-electron chi connectivity index (χ0n) is 11.2. The molecule has 1 aromatic carbocycles. The predicted octanol–water partition coefficient (Wildman–Crippen LogP) is 2.97. The molecule has 0 atom stereocenters. The Morgan fingerprint density at radius 1 is 1.30 bits per heavy atom. The molecule has 6 heteroatoms. The van der Waals surface area contributed by atoms with Crippen molar-refractivity contribution in [1.82, 2.24) is 9.29 Å². The first kappa shape index (κ1) is 15.2. The van der Waals surface area contributed by atoms with Crippen LogP contribution in [0.2, 0.25) is 0 Å². The first-order valence-electron chi connectivity index (χ1n) is 6.02. The van der Waals surface area contributed by atoms with Crippen LogP contribution in [0, 0.1) is 6.92 Å². The Bertz CT molecular complexity index is 702. The van der Waals surface area contributed by atoms with Crippen LogP contribution in [0.1, 0.15) is 11.1 Å². The van der Waals surface area contributed by atoms with Crippen molar-refractivity contribution in [3.05, 3.63) is 58.3 Å². The van der Waals surface area contributed by atoms with Gasteiger partial charge < -0.3 is 0 Å². The number of pyridine rings is 1. The maximum atomic E-state index is 12.5. The Kier molecular flexibility index (Phi) is 4.57. The molecule has 20 heavy (non-hydrogen) atoms. The van der Waals surface area contributed by atoms with Crippen LogP contribution in [0.25, 0.3) is 0 Å². The number of nitrogens with zero attached hydrogens (tertiary/aromatic N) is 2. The third kappa shape index (κ3) is 3.26. The van der Waals surface area contributed by atoms with E-state index in [0.717, 1.165) is 11.1 Å². The molecule has 106 valence electrons. The maximum Gasteiger partial charge on any atom is 0.244 e. The fourth-order valence-electron chi connectivity index (χ4n) is 1.82. The van der Waals surface area contributed by atoms with Crippen molar-refractivity contribution >= 4 is 26.0 Å². The summed E-state index contributed by atoms with van der Waals surface area (Å²) in [5.74, 6) is 0. The average molecular weight is 355 g/mol. The number of aromatic nitrogens is 1. The summed E-state index contributed by atoms with van der Waals surface area (Å²) < 4.78 is 27.0. The molecule has 0 amide bonds. The maximum absolute atomic E-state index is 12.5. The van der Waals surface area contributed by atoms with Crippen LogP contribution < -0.4 is 0 Å². The second-order valence-corrected chi connectivity index (χ2v) is 7.42. The van der Waals surface area contributed by atoms with Crippen LogP contribution in [-0.2, 0) is 16.6 Å². The van der Waals surface area contributed by atoms with Gasteiger partial charge in [-0.25, -0.2) is 8.42 Å². The van der Waals surface area contributed by atoms with Crippen molar-refractivity contribution in [3.63, 3.8) is 0 Å². The van der Waals surface area contributed by atoms with Crippen molar-refractivity contribution in [2.24, 2.45) is 0 Å². The normalized spacial score (nSPS) is 11.8. The lowest BCUT2D eigenvalue weighted by atomic mass is 10.2. The highest BCUT2D eigenvalue weighted by Crippen LogP contribution is 2.26. The molecule has 1 heterocycles. The van der Waals surface area contributed by atoms with Gasteiger partial charge in [0.15, 0.2) is 0 Å². The quantitative estimate of drug-likeness (QED) is 0.847. The topological polar surface area (TPSA) is 50.3 Å². The lowest BCUT2D eigenvalue weighted by Crippen LogP contribution is -2.26. The Morgan fingerprint density at radius 3 is 2.65 bits per heavy atom. The summed E-state index contributed by atoms with van der Waals surface area (Å²) in [5, 5.41) is 0. The Balaban J connectivity index is 2.30. The van der Waals surface area contributed by atoms with Gasteiger partial charge in [0.1, 0.15) is 0 Å². The van der Waals surface area contributed by atoms with Gasteiger partial charge in [-0.3, -0.25) is 4.98 Å². The first-order chi connectivity index (χ1) is 9.41. The lowest BCUT2D eigenvalue weighted by Gasteiger charge is -2.18. The van der Waals surface area contributed by atoms with Crippen molar-refractivity contribution in [2.45, 2.75) is 18.4 Å². The zero-order valence-corrected chi connectivity index (χ0v) is 13.6. The summed E-state index contributed by atoms with van der Waals surface area (Å²) in [5.41, 5.74) is 1.85. The molecule has 0 aliphatic heterocycles. The van der Waals surface area contributed by atoms with Crippen LogP contribution >= 0.6 is 15.9 Å². The molecule has 0 saturated carbocycles. The summed E-state index contributed by atoms with van der Waals surface area (Å²) in [7, 11) is -1.96. The van der Waals surface area contributed by atoms with E-state index in [1.807, 2.05) is 13.0 Å². The average Bonchev–Trinajstić information content (AvgIpc) is 2.39. The molecule has 2 rings (SSSR count). The Hall–Kier alpha value is -1.24. The number of aryl methyl sites for hydroxylation is 1. The molecule has 0 bridgehead atoms. The Morgan fingerprint density at radius 2 is 2.05 bits per heavy atom. The van der Waals surface area contributed by atoms with Crippen molar-refractivity contribution in [3.8, 4) is 0 Å². The molecule has 0 radical (unpaired) electrons. The van der Waals surface area contributed by atoms with E-state index in [0.29, 0.717) is 4.47 Å². The molecule has 0 fully saturated rings. The van der Waals surface area contributed by atoms with Crippen molar-refractivity contribution < 1.29 is 8.42 Å². The molecular weight excluding hydrogens is 340 g/mol. The summed E-state index contributed by atoms with van der Waals surface area (Å²) >= 11 is 3.32. The monoisotopic (exact) mass is 354 g/mol. The van der Waals surface area contributed by atoms with Gasteiger partial charge in [-0.1, -0.05) is 12.1 Å². The minimum Gasteiger partial charge on any atom is -0.264 e. The van der Waals surface area contributed by atoms with Gasteiger partial charge in [0.25, 0.3) is 0 Å². The number of benzene rings is 1. The Labute approximate surface area is 127 Å². The van der Waals surface area contributed by atoms with Crippen molar-refractivity contribution in [1.29, 1.82) is 0 Å². The van der Waals surface area contributed by atoms with Crippen LogP contribution in [0.15, 0.2) is 52.1 Å². The van der Waals surface area contributed by atoms with Gasteiger partial charge in [0.05, 0.1) is 4.90 Å². The number of hydrogen-bond donors (Lipinski definition) is 0. The highest BCUT2D eigenvalue weighted by Gasteiger charge is 2.23. The standard InChI is InChI=1S/C14H15BrN2O2S/c1-11-5-6-14(13(15)8-11)20(18,19)17(2)10-12-4-3-7-16-9-12/h3-9H,10H2,1-2H3. The number of sulfonamides is 1. The lowest BCUT2D eigenvalue weighted by molar-refractivity contribution is 0.466. The highest BCUT2D eigenvalue weighted by molar-refractivity contribution is 9.10. The fraction of sp³-hybridized carbons (Fsp3) is 0.214. The molecule has 0 aliphatic rings. The minimum atomic E-state index is -3.53. The van der Waals surface area contributed by atoms with Gasteiger partial charge in [-0.05, 0) is 52.2 Å². The van der Waals surface area contributed by atoms with Crippen LogP contribution in [0.4, 0.5) is 0 Å². The number of hydrogen-bond acceptors (Lipinski definition) is 3. The molecule has 0 spiro atoms. The van der Waals surface area contributed by atoms with E-state index in [1.165, 1.54) is 4.31 Å². The SMILES string of the molecule is Cc1ccc(S(=O)(=O)N(C)Cc2cccnc2)c(Br)c1. The largest absolute Gasteiger partial charge is 0.264 e. The highest BCUT2D eigenvalue weighted by atomic mass is 79.9. The summed E-state index contributed by atoms with van der Waals surface area (Å²) in [6.45, 7) is 2.21. The molecular formula is C14H15BrN2O2S. The van der Waals surface area contributed by atoms with Crippen LogP contribution in [-0.4, -0.2) is 24.8 Å². The van der Waals surface area contributed by atoms with E-state index in [9.17, 15) is 8.42 Å². The van der Waals surface area contributed by atoms with Crippen LogP contribution in [0.5, 0.6) is 0 Å². The van der Waals surface area contributed by atoms with E-state index in [1.54, 1.807) is 43.7 Å². The molecule has 0 N–H and O–H groups in total. The first-order valence-corrected chi connectivity index (χ1v) is 8.26. The van der Waals surface area contributed by atoms with Crippen molar-refractivity contribution in [2.75, 3.05) is 7.05 Å². The third-order valence-electron chi connectivity index (χ3n) is 2.90. The third-order valence-corrected chi connectivity index (χ3v) is 5.68. The van der Waals surface area contributed by atoms with E-state index in [2.05, 4.69) is 20.9 Å². The molecule has 2 aromatic rings. The molecule has 0 aliphatic carbocycles. The minimum absolute atomic E-state index is 0.273. The number of halogens is 1. The van der Waals surface area contributed by atoms with E-state index < -0.39 is 10.0 Å². The van der Waals surface area contributed by atoms with Gasteiger partial charge in [-0.15, -0.1) is 0 Å². The molecule has 0 saturated heterocycles. The van der Waals surface area contributed by atoms with Gasteiger partial charge in [0.2, 0.25) is 10.0 Å². The smallest absolute Gasteiger partial charge is 0.244 e. The van der Waals surface area contributed by atoms with E-state index in [4.69, 9.17) is 0 Å². The van der Waals surface area contributed by atoms with Gasteiger partial charge in [-0.2, -0.15) is 4.31 Å². The van der Waals surface area contributed by atoms with Crippen LogP contribution in [0.3, 0.4) is 0 Å². The van der Waals surface area contributed by atoms with E-state index >= 15 is 0 Å². The molecule has 1 aromatic heterocycles. The fourth-order valence-corrected chi connectivity index (χ4v) is 4.12. The second-order valence-electron chi connectivity index (χ2n) is 4.56. The summed E-state index contributed by atoms with van der Waals surface area (Å²) in [6, 6.07) is 8.84. The predicted molar refractivity (Wildman–Crippen MR) is 81.8 cm³/mol. The second kappa shape index (κ2) is 6.03. The zero-order chi connectivity index (χ0) is 14.8. The van der Waals surface area contributed by atoms with E-state index in [-0.39, 0.29) is 11.4 Å². The summed E-state index contributed by atoms with van der Waals surface area (Å²) in [4.78, 5) is 4.26.